The van der Waals surface area contributed by atoms with Gasteiger partial charge in [-0.2, -0.15) is 5.10 Å². The maximum atomic E-state index is 11.9. The van der Waals surface area contributed by atoms with E-state index in [9.17, 15) is 13.2 Å². The number of hydrogen-bond acceptors (Lipinski definition) is 7. The number of carbonyl (C=O) groups excluding carboxylic acids is 1. The number of halogens is 1. The van der Waals surface area contributed by atoms with Crippen molar-refractivity contribution < 1.29 is 13.2 Å². The molecule has 26 heavy (non-hydrogen) atoms. The summed E-state index contributed by atoms with van der Waals surface area (Å²) in [5, 5.41) is 7.92. The lowest BCUT2D eigenvalue weighted by atomic mass is 10.1. The number of carbonyl (C=O) groups is 1. The van der Waals surface area contributed by atoms with E-state index >= 15 is 0 Å². The number of hydrogen-bond donors (Lipinski definition) is 2. The third kappa shape index (κ3) is 5.26. The molecule has 0 bridgehead atoms. The van der Waals surface area contributed by atoms with Gasteiger partial charge in [0.1, 0.15) is 0 Å². The van der Waals surface area contributed by atoms with Crippen LogP contribution >= 0.6 is 22.9 Å². The fourth-order valence-corrected chi connectivity index (χ4v) is 5.51. The number of nitrogens with zero attached hydrogens (tertiary/aromatic N) is 2. The molecule has 0 unspecified atom stereocenters. The highest BCUT2D eigenvalue weighted by atomic mass is 35.5. The molecular formula is C16H17ClN4O3S2. The Balaban J connectivity index is 1.53. The van der Waals surface area contributed by atoms with Crippen LogP contribution in [0.5, 0.6) is 0 Å². The highest BCUT2D eigenvalue weighted by Crippen LogP contribution is 2.27. The molecule has 1 saturated heterocycles. The number of para-hydroxylation sites is 1. The van der Waals surface area contributed by atoms with Crippen LogP contribution in [-0.4, -0.2) is 37.0 Å². The smallest absolute Gasteiger partial charge is 0.240 e. The number of amides is 1. The quantitative estimate of drug-likeness (QED) is 0.561. The van der Waals surface area contributed by atoms with Gasteiger partial charge in [0.15, 0.2) is 20.1 Å². The summed E-state index contributed by atoms with van der Waals surface area (Å²) in [5.74, 6) is -0.225. The Hall–Kier alpha value is -1.97. The van der Waals surface area contributed by atoms with Gasteiger partial charge < -0.3 is 5.32 Å². The van der Waals surface area contributed by atoms with Gasteiger partial charge in [-0.1, -0.05) is 41.1 Å². The van der Waals surface area contributed by atoms with Crippen LogP contribution < -0.4 is 10.7 Å². The molecule has 138 valence electrons. The Morgan fingerprint density at radius 1 is 1.38 bits per heavy atom. The maximum absolute atomic E-state index is 11.9. The highest BCUT2D eigenvalue weighted by molar-refractivity contribution is 7.91. The number of sulfone groups is 1. The molecule has 10 heteroatoms. The van der Waals surface area contributed by atoms with Crippen molar-refractivity contribution in [3.8, 4) is 0 Å². The number of thiazole rings is 1. The predicted octanol–water partition coefficient (Wildman–Crippen LogP) is 2.82. The van der Waals surface area contributed by atoms with Gasteiger partial charge in [-0.25, -0.2) is 18.8 Å². The highest BCUT2D eigenvalue weighted by Gasteiger charge is 2.29. The Bertz CT molecular complexity index is 913. The molecule has 1 atom stereocenters. The molecule has 7 nitrogen and oxygen atoms in total. The molecule has 1 aromatic carbocycles. The Kier molecular flexibility index (Phi) is 5.90. The third-order valence-electron chi connectivity index (χ3n) is 3.81. The first-order chi connectivity index (χ1) is 12.4. The minimum absolute atomic E-state index is 0.0688. The van der Waals surface area contributed by atoms with Gasteiger partial charge in [-0.05, 0) is 24.5 Å². The van der Waals surface area contributed by atoms with Crippen molar-refractivity contribution in [1.82, 2.24) is 10.4 Å². The number of anilines is 2. The average molecular weight is 413 g/mol. The summed E-state index contributed by atoms with van der Waals surface area (Å²) >= 11 is 7.39. The zero-order valence-electron chi connectivity index (χ0n) is 13.7. The second kappa shape index (κ2) is 8.15. The lowest BCUT2D eigenvalue weighted by molar-refractivity contribution is -0.121. The Morgan fingerprint density at radius 3 is 2.85 bits per heavy atom. The predicted molar refractivity (Wildman–Crippen MR) is 104 cm³/mol. The van der Waals surface area contributed by atoms with Crippen molar-refractivity contribution in [1.29, 1.82) is 0 Å². The van der Waals surface area contributed by atoms with Crippen LogP contribution in [-0.2, 0) is 14.6 Å². The van der Waals surface area contributed by atoms with Gasteiger partial charge in [-0.15, -0.1) is 0 Å². The van der Waals surface area contributed by atoms with Gasteiger partial charge in [0.05, 0.1) is 22.6 Å². The summed E-state index contributed by atoms with van der Waals surface area (Å²) < 4.78 is 22.8. The van der Waals surface area contributed by atoms with Crippen LogP contribution in [0.3, 0.4) is 0 Å². The topological polar surface area (TPSA) is 101 Å². The van der Waals surface area contributed by atoms with E-state index < -0.39 is 9.84 Å². The molecule has 0 spiro atoms. The molecular weight excluding hydrogens is 396 g/mol. The SMILES string of the molecule is O=C(C[C@@H]1CCS(=O)(=O)C1)N/N=C/c1sc(Nc2ccccc2)nc1Cl. The molecule has 1 fully saturated rings. The van der Waals surface area contributed by atoms with Crippen molar-refractivity contribution in [2.45, 2.75) is 12.8 Å². The lowest BCUT2D eigenvalue weighted by Gasteiger charge is -2.04. The van der Waals surface area contributed by atoms with Gasteiger partial charge in [0.25, 0.3) is 0 Å². The molecule has 0 radical (unpaired) electrons. The van der Waals surface area contributed by atoms with E-state index in [4.69, 9.17) is 11.6 Å². The molecule has 2 heterocycles. The molecule has 2 N–H and O–H groups in total. The Morgan fingerprint density at radius 2 is 2.15 bits per heavy atom. The Labute approximate surface area is 160 Å². The summed E-state index contributed by atoms with van der Waals surface area (Å²) in [6.07, 6.45) is 2.10. The van der Waals surface area contributed by atoms with Gasteiger partial charge in [0.2, 0.25) is 5.91 Å². The standard InChI is InChI=1S/C16H17ClN4O3S2/c17-15-13(25-16(20-15)19-12-4-2-1-3-5-12)9-18-21-14(22)8-11-6-7-26(23,24)10-11/h1-5,9,11H,6-8,10H2,(H,19,20)(H,21,22)/b18-9+/t11-/m0/s1. The van der Waals surface area contributed by atoms with Crippen LogP contribution in [0.2, 0.25) is 5.15 Å². The second-order valence-electron chi connectivity index (χ2n) is 5.93. The normalized spacial score (nSPS) is 18.9. The number of nitrogens with one attached hydrogen (secondary N) is 2. The van der Waals surface area contributed by atoms with Crippen molar-refractivity contribution >= 4 is 55.7 Å². The third-order valence-corrected chi connectivity index (χ3v) is 6.95. The largest absolute Gasteiger partial charge is 0.331 e. The first-order valence-corrected chi connectivity index (χ1v) is 10.9. The molecule has 2 aromatic rings. The molecule has 3 rings (SSSR count). The van der Waals surface area contributed by atoms with Crippen molar-refractivity contribution in [2.24, 2.45) is 11.0 Å². The maximum Gasteiger partial charge on any atom is 0.240 e. The lowest BCUT2D eigenvalue weighted by Crippen LogP contribution is -2.21. The van der Waals surface area contributed by atoms with Crippen molar-refractivity contribution in [3.05, 3.63) is 40.4 Å². The number of benzene rings is 1. The summed E-state index contributed by atoms with van der Waals surface area (Å²) in [6.45, 7) is 0. The van der Waals surface area contributed by atoms with E-state index in [-0.39, 0.29) is 34.9 Å². The van der Waals surface area contributed by atoms with Gasteiger partial charge in [0, 0.05) is 12.1 Å². The molecule has 1 aromatic heterocycles. The number of rotatable bonds is 6. The van der Waals surface area contributed by atoms with Gasteiger partial charge in [-0.3, -0.25) is 4.79 Å². The minimum atomic E-state index is -2.98. The molecule has 0 saturated carbocycles. The molecule has 1 amide bonds. The first kappa shape index (κ1) is 18.8. The zero-order chi connectivity index (χ0) is 18.6. The summed E-state index contributed by atoms with van der Waals surface area (Å²) in [6, 6.07) is 9.55. The molecule has 0 aliphatic carbocycles. The fraction of sp³-hybridized carbons (Fsp3) is 0.312. The second-order valence-corrected chi connectivity index (χ2v) is 9.55. The van der Waals surface area contributed by atoms with E-state index in [1.165, 1.54) is 17.6 Å². The molecule has 1 aliphatic heterocycles. The number of aromatic nitrogens is 1. The van der Waals surface area contributed by atoms with Crippen LogP contribution in [0, 0.1) is 5.92 Å². The average Bonchev–Trinajstić information content (AvgIpc) is 3.10. The monoisotopic (exact) mass is 412 g/mol. The van der Waals surface area contributed by atoms with E-state index in [0.717, 1.165) is 5.69 Å². The summed E-state index contributed by atoms with van der Waals surface area (Å²) in [5.41, 5.74) is 3.30. The van der Waals surface area contributed by atoms with Crippen molar-refractivity contribution in [3.63, 3.8) is 0 Å². The van der Waals surface area contributed by atoms with Crippen LogP contribution in [0.15, 0.2) is 35.4 Å². The van der Waals surface area contributed by atoms with E-state index in [2.05, 4.69) is 20.8 Å². The molecule has 1 aliphatic rings. The van der Waals surface area contributed by atoms with Crippen LogP contribution in [0.25, 0.3) is 0 Å². The van der Waals surface area contributed by atoms with Crippen LogP contribution in [0.1, 0.15) is 17.7 Å². The van der Waals surface area contributed by atoms with E-state index in [0.29, 0.717) is 16.4 Å². The van der Waals surface area contributed by atoms with E-state index in [1.807, 2.05) is 30.3 Å². The van der Waals surface area contributed by atoms with Gasteiger partial charge >= 0.3 is 0 Å². The first-order valence-electron chi connectivity index (χ1n) is 7.92. The fourth-order valence-electron chi connectivity index (χ4n) is 2.60. The van der Waals surface area contributed by atoms with Crippen molar-refractivity contribution in [2.75, 3.05) is 16.8 Å². The number of hydrazone groups is 1. The minimum Gasteiger partial charge on any atom is -0.331 e. The summed E-state index contributed by atoms with van der Waals surface area (Å²) in [4.78, 5) is 16.7. The van der Waals surface area contributed by atoms with Crippen LogP contribution in [0.4, 0.5) is 10.8 Å². The van der Waals surface area contributed by atoms with E-state index in [1.54, 1.807) is 0 Å². The summed E-state index contributed by atoms with van der Waals surface area (Å²) in [7, 11) is -2.98. The zero-order valence-corrected chi connectivity index (χ0v) is 16.1.